The van der Waals surface area contributed by atoms with Crippen LogP contribution in [0.2, 0.25) is 0 Å². The summed E-state index contributed by atoms with van der Waals surface area (Å²) in [6.45, 7) is 6.63. The minimum Gasteiger partial charge on any atom is -0.492 e. The zero-order chi connectivity index (χ0) is 20.6. The molecule has 2 amide bonds. The van der Waals surface area contributed by atoms with E-state index in [1.165, 1.54) is 0 Å². The van der Waals surface area contributed by atoms with Crippen molar-refractivity contribution < 1.29 is 17.9 Å². The lowest BCUT2D eigenvalue weighted by Crippen LogP contribution is -2.54. The Morgan fingerprint density at radius 3 is 2.59 bits per heavy atom. The number of hydrogen-bond acceptors (Lipinski definition) is 4. The highest BCUT2D eigenvalue weighted by Gasteiger charge is 2.44. The van der Waals surface area contributed by atoms with Gasteiger partial charge in [-0.15, -0.1) is 0 Å². The Hall–Kier alpha value is -1.80. The van der Waals surface area contributed by atoms with Crippen LogP contribution in [0.5, 0.6) is 5.75 Å². The molecule has 1 aliphatic carbocycles. The number of likely N-dealkylation sites (tertiary alicyclic amines) is 1. The highest BCUT2D eigenvalue weighted by molar-refractivity contribution is 7.89. The molecule has 7 nitrogen and oxygen atoms in total. The predicted molar refractivity (Wildman–Crippen MR) is 110 cm³/mol. The third-order valence-corrected chi connectivity index (χ3v) is 8.05. The molecule has 2 fully saturated rings. The Kier molecular flexibility index (Phi) is 5.50. The molecule has 29 heavy (non-hydrogen) atoms. The second-order valence-corrected chi connectivity index (χ2v) is 11.0. The molecule has 1 aromatic carbocycles. The van der Waals surface area contributed by atoms with Crippen LogP contribution >= 0.6 is 0 Å². The van der Waals surface area contributed by atoms with E-state index in [1.54, 1.807) is 22.5 Å². The highest BCUT2D eigenvalue weighted by Crippen LogP contribution is 2.41. The molecule has 0 aromatic heterocycles. The van der Waals surface area contributed by atoms with Crippen molar-refractivity contribution >= 4 is 16.1 Å². The summed E-state index contributed by atoms with van der Waals surface area (Å²) in [6.07, 6.45) is 3.66. The molecule has 1 N–H and O–H groups in total. The van der Waals surface area contributed by atoms with Gasteiger partial charge in [0, 0.05) is 37.6 Å². The quantitative estimate of drug-likeness (QED) is 0.814. The monoisotopic (exact) mass is 421 g/mol. The summed E-state index contributed by atoms with van der Waals surface area (Å²) in [7, 11) is -3.60. The number of nitrogens with zero attached hydrogens (tertiary/aromatic N) is 2. The molecular formula is C21H31N3O4S. The highest BCUT2D eigenvalue weighted by atomic mass is 32.2. The number of piperidine rings is 1. The molecule has 1 saturated heterocycles. The smallest absolute Gasteiger partial charge is 0.317 e. The third-order valence-electron chi connectivity index (χ3n) is 6.19. The summed E-state index contributed by atoms with van der Waals surface area (Å²) in [5.74, 6) is 0.901. The molecule has 2 heterocycles. The number of rotatable bonds is 3. The molecule has 2 aliphatic heterocycles. The van der Waals surface area contributed by atoms with E-state index >= 15 is 0 Å². The number of carbonyl (C=O) groups is 1. The van der Waals surface area contributed by atoms with Crippen LogP contribution in [0.25, 0.3) is 0 Å². The molecule has 8 heteroatoms. The van der Waals surface area contributed by atoms with Crippen molar-refractivity contribution in [1.29, 1.82) is 0 Å². The molecule has 1 saturated carbocycles. The molecule has 160 valence electrons. The van der Waals surface area contributed by atoms with Crippen LogP contribution in [-0.4, -0.2) is 62.5 Å². The number of hydrogen-bond donors (Lipinski definition) is 1. The maximum atomic E-state index is 13.4. The Labute approximate surface area is 173 Å². The summed E-state index contributed by atoms with van der Waals surface area (Å²) in [6, 6.07) is 6.99. The van der Waals surface area contributed by atoms with Crippen LogP contribution in [0.4, 0.5) is 4.79 Å². The molecular weight excluding hydrogens is 390 g/mol. The van der Waals surface area contributed by atoms with E-state index in [1.807, 2.05) is 24.8 Å². The number of para-hydroxylation sites is 1. The number of sulfonamides is 1. The first-order chi connectivity index (χ1) is 13.8. The van der Waals surface area contributed by atoms with Crippen molar-refractivity contribution in [3.05, 3.63) is 24.3 Å². The van der Waals surface area contributed by atoms with Gasteiger partial charge in [-0.3, -0.25) is 0 Å². The summed E-state index contributed by atoms with van der Waals surface area (Å²) < 4.78 is 34.6. The number of carbonyl (C=O) groups excluding carboxylic acids is 1. The van der Waals surface area contributed by atoms with Crippen molar-refractivity contribution in [3.63, 3.8) is 0 Å². The van der Waals surface area contributed by atoms with E-state index in [4.69, 9.17) is 4.74 Å². The molecule has 3 aliphatic rings. The van der Waals surface area contributed by atoms with Gasteiger partial charge in [0.05, 0.1) is 6.61 Å². The Morgan fingerprint density at radius 1 is 1.24 bits per heavy atom. The number of benzene rings is 1. The summed E-state index contributed by atoms with van der Waals surface area (Å²) in [4.78, 5) is 14.5. The summed E-state index contributed by atoms with van der Waals surface area (Å²) >= 11 is 0. The van der Waals surface area contributed by atoms with Gasteiger partial charge in [0.25, 0.3) is 0 Å². The Bertz CT molecular complexity index is 858. The molecule has 0 radical (unpaired) electrons. The van der Waals surface area contributed by atoms with Crippen LogP contribution in [0.15, 0.2) is 29.2 Å². The second kappa shape index (κ2) is 7.80. The van der Waals surface area contributed by atoms with Gasteiger partial charge in [0.1, 0.15) is 10.6 Å². The first-order valence-corrected chi connectivity index (χ1v) is 12.0. The maximum absolute atomic E-state index is 13.4. The molecule has 1 aromatic rings. The number of nitrogens with one attached hydrogen (secondary N) is 1. The lowest BCUT2D eigenvalue weighted by molar-refractivity contribution is 0.0445. The SMILES string of the molecule is CC(C)NC(=O)N1CCC2(CC1)COc1ccccc1S(=O)(=O)N(CC1CC1)C2. The fraction of sp³-hybridized carbons (Fsp3) is 0.667. The van der Waals surface area contributed by atoms with Gasteiger partial charge in [-0.2, -0.15) is 4.31 Å². The molecule has 0 atom stereocenters. The van der Waals surface area contributed by atoms with Crippen molar-refractivity contribution in [2.45, 2.75) is 50.5 Å². The molecule has 0 bridgehead atoms. The maximum Gasteiger partial charge on any atom is 0.317 e. The summed E-state index contributed by atoms with van der Waals surface area (Å²) in [5, 5.41) is 2.94. The molecule has 0 unspecified atom stereocenters. The number of fused-ring (bicyclic) bond motifs is 1. The van der Waals surface area contributed by atoms with Crippen LogP contribution in [0.3, 0.4) is 0 Å². The van der Waals surface area contributed by atoms with Crippen molar-refractivity contribution in [2.24, 2.45) is 11.3 Å². The van der Waals surface area contributed by atoms with Gasteiger partial charge in [-0.25, -0.2) is 13.2 Å². The first-order valence-electron chi connectivity index (χ1n) is 10.6. The topological polar surface area (TPSA) is 79.0 Å². The van der Waals surface area contributed by atoms with Crippen LogP contribution in [0.1, 0.15) is 39.5 Å². The average Bonchev–Trinajstić information content (AvgIpc) is 3.50. The van der Waals surface area contributed by atoms with Crippen LogP contribution in [-0.2, 0) is 10.0 Å². The largest absolute Gasteiger partial charge is 0.492 e. The predicted octanol–water partition coefficient (Wildman–Crippen LogP) is 2.68. The van der Waals surface area contributed by atoms with Crippen molar-refractivity contribution in [3.8, 4) is 5.75 Å². The van der Waals surface area contributed by atoms with Gasteiger partial charge in [-0.05, 0) is 57.6 Å². The summed E-state index contributed by atoms with van der Waals surface area (Å²) in [5.41, 5.74) is -0.274. The zero-order valence-electron chi connectivity index (χ0n) is 17.3. The minimum absolute atomic E-state index is 0.0468. The number of amides is 2. The normalized spacial score (nSPS) is 23.8. The van der Waals surface area contributed by atoms with E-state index < -0.39 is 10.0 Å². The van der Waals surface area contributed by atoms with Crippen molar-refractivity contribution in [1.82, 2.24) is 14.5 Å². The number of ether oxygens (including phenoxy) is 1. The van der Waals surface area contributed by atoms with E-state index in [0.29, 0.717) is 44.5 Å². The second-order valence-electron chi connectivity index (χ2n) is 9.07. The minimum atomic E-state index is -3.60. The Balaban J connectivity index is 1.57. The van der Waals surface area contributed by atoms with Gasteiger partial charge >= 0.3 is 6.03 Å². The fourth-order valence-corrected chi connectivity index (χ4v) is 5.99. The lowest BCUT2D eigenvalue weighted by Gasteiger charge is -2.45. The molecule has 1 spiro atoms. The van der Waals surface area contributed by atoms with E-state index in [9.17, 15) is 13.2 Å². The average molecular weight is 422 g/mol. The van der Waals surface area contributed by atoms with E-state index in [-0.39, 0.29) is 22.4 Å². The molecule has 4 rings (SSSR count). The number of urea groups is 1. The van der Waals surface area contributed by atoms with Gasteiger partial charge in [-0.1, -0.05) is 12.1 Å². The first kappa shape index (κ1) is 20.5. The van der Waals surface area contributed by atoms with Crippen LogP contribution < -0.4 is 10.1 Å². The zero-order valence-corrected chi connectivity index (χ0v) is 18.1. The van der Waals surface area contributed by atoms with Gasteiger partial charge < -0.3 is 15.0 Å². The lowest BCUT2D eigenvalue weighted by atomic mass is 9.79. The van der Waals surface area contributed by atoms with Crippen molar-refractivity contribution in [2.75, 3.05) is 32.8 Å². The van der Waals surface area contributed by atoms with E-state index in [2.05, 4.69) is 5.32 Å². The van der Waals surface area contributed by atoms with Gasteiger partial charge in [0.2, 0.25) is 10.0 Å². The Morgan fingerprint density at radius 2 is 1.93 bits per heavy atom. The standard InChI is InChI=1S/C21H31N3O4S/c1-16(2)22-20(25)23-11-9-21(10-12-23)14-24(13-17-7-8-17)29(26,27)19-6-4-3-5-18(19)28-15-21/h3-6,16-17H,7-15H2,1-2H3,(H,22,25). The fourth-order valence-electron chi connectivity index (χ4n) is 4.23. The van der Waals surface area contributed by atoms with Crippen LogP contribution in [0, 0.1) is 11.3 Å². The van der Waals surface area contributed by atoms with Gasteiger partial charge in [0.15, 0.2) is 0 Å². The van der Waals surface area contributed by atoms with E-state index in [0.717, 1.165) is 25.7 Å². The third kappa shape index (κ3) is 4.38.